The summed E-state index contributed by atoms with van der Waals surface area (Å²) in [6, 6.07) is 12.5. The predicted octanol–water partition coefficient (Wildman–Crippen LogP) is 1.52. The third kappa shape index (κ3) is 4.52. The molecular weight excluding hydrogens is 436 g/mol. The van der Waals surface area contributed by atoms with Crippen molar-refractivity contribution in [2.45, 2.75) is 25.6 Å². The topological polar surface area (TPSA) is 132 Å². The number of aromatic nitrogens is 2. The molecule has 1 atom stereocenters. The summed E-state index contributed by atoms with van der Waals surface area (Å²) < 4.78 is 25.1. The number of amides is 1. The maximum Gasteiger partial charge on any atom is 0.271 e. The maximum absolute atomic E-state index is 13.2. The first-order valence-electron chi connectivity index (χ1n) is 9.91. The molecule has 166 valence electrons. The van der Waals surface area contributed by atoms with E-state index in [1.54, 1.807) is 0 Å². The first-order valence-corrected chi connectivity index (χ1v) is 11.7. The van der Waals surface area contributed by atoms with E-state index in [2.05, 4.69) is 4.98 Å². The number of carbonyl (C=O) groups is 1. The van der Waals surface area contributed by atoms with E-state index in [4.69, 9.17) is 0 Å². The van der Waals surface area contributed by atoms with Crippen LogP contribution in [0.15, 0.2) is 59.7 Å². The molecule has 0 spiro atoms. The molecular formula is C21H20N4O6S. The van der Waals surface area contributed by atoms with Gasteiger partial charge in [0.15, 0.2) is 9.84 Å². The fourth-order valence-electron chi connectivity index (χ4n) is 3.83. The third-order valence-corrected chi connectivity index (χ3v) is 7.24. The Morgan fingerprint density at radius 2 is 1.97 bits per heavy atom. The lowest BCUT2D eigenvalue weighted by molar-refractivity contribution is -0.384. The van der Waals surface area contributed by atoms with Gasteiger partial charge < -0.3 is 4.90 Å². The van der Waals surface area contributed by atoms with Crippen molar-refractivity contribution in [3.63, 3.8) is 0 Å². The normalized spacial score (nSPS) is 17.3. The van der Waals surface area contributed by atoms with Crippen LogP contribution in [-0.2, 0) is 27.7 Å². The molecule has 10 nitrogen and oxygen atoms in total. The third-order valence-electron chi connectivity index (χ3n) is 5.49. The van der Waals surface area contributed by atoms with Crippen molar-refractivity contribution in [3.05, 3.63) is 80.9 Å². The summed E-state index contributed by atoms with van der Waals surface area (Å²) in [5.74, 6) is -0.492. The fourth-order valence-corrected chi connectivity index (χ4v) is 5.56. The van der Waals surface area contributed by atoms with Gasteiger partial charge in [0.1, 0.15) is 6.54 Å². The molecule has 1 unspecified atom stereocenters. The highest BCUT2D eigenvalue weighted by Crippen LogP contribution is 2.21. The molecule has 2 heterocycles. The summed E-state index contributed by atoms with van der Waals surface area (Å²) in [4.78, 5) is 42.0. The van der Waals surface area contributed by atoms with E-state index >= 15 is 0 Å². The number of fused-ring (bicyclic) bond motifs is 1. The van der Waals surface area contributed by atoms with Crippen LogP contribution in [0.5, 0.6) is 0 Å². The lowest BCUT2D eigenvalue weighted by atomic mass is 10.1. The van der Waals surface area contributed by atoms with Crippen molar-refractivity contribution in [2.24, 2.45) is 0 Å². The van der Waals surface area contributed by atoms with E-state index in [1.165, 1.54) is 29.4 Å². The largest absolute Gasteiger partial charge is 0.333 e. The molecule has 1 aliphatic heterocycles. The van der Waals surface area contributed by atoms with Crippen LogP contribution in [0.25, 0.3) is 10.9 Å². The van der Waals surface area contributed by atoms with Gasteiger partial charge in [-0.05, 0) is 18.1 Å². The summed E-state index contributed by atoms with van der Waals surface area (Å²) >= 11 is 0. The minimum atomic E-state index is -3.22. The predicted molar refractivity (Wildman–Crippen MR) is 117 cm³/mol. The Labute approximate surface area is 183 Å². The first kappa shape index (κ1) is 21.6. The van der Waals surface area contributed by atoms with E-state index in [1.807, 2.05) is 30.3 Å². The highest BCUT2D eigenvalue weighted by molar-refractivity contribution is 7.91. The Morgan fingerprint density at radius 1 is 1.22 bits per heavy atom. The number of rotatable bonds is 6. The molecule has 32 heavy (non-hydrogen) atoms. The van der Waals surface area contributed by atoms with E-state index in [-0.39, 0.29) is 41.2 Å². The monoisotopic (exact) mass is 456 g/mol. The number of non-ortho nitro benzene ring substituents is 1. The lowest BCUT2D eigenvalue weighted by Gasteiger charge is -2.28. The molecule has 1 aromatic heterocycles. The standard InChI is InChI=1S/C21H20N4O6S/c26-20(12-23-14-22-19-10-16(25(28)29)6-7-18(19)21(23)27)24(11-15-4-2-1-3-5-15)17-8-9-32(30,31)13-17/h1-7,10,14,17H,8-9,11-13H2. The van der Waals surface area contributed by atoms with E-state index in [9.17, 15) is 28.1 Å². The number of sulfone groups is 1. The SMILES string of the molecule is O=C(Cn1cnc2cc([N+](=O)[O-])ccc2c1=O)N(Cc1ccccc1)C1CCS(=O)(=O)C1. The number of nitro benzene ring substituents is 1. The highest BCUT2D eigenvalue weighted by Gasteiger charge is 2.34. The number of carbonyl (C=O) groups excluding carboxylic acids is 1. The van der Waals surface area contributed by atoms with Crippen molar-refractivity contribution in [1.82, 2.24) is 14.5 Å². The van der Waals surface area contributed by atoms with Gasteiger partial charge in [0, 0.05) is 24.7 Å². The van der Waals surface area contributed by atoms with Crippen molar-refractivity contribution in [1.29, 1.82) is 0 Å². The van der Waals surface area contributed by atoms with E-state index in [0.29, 0.717) is 6.42 Å². The Balaban J connectivity index is 1.63. The first-order chi connectivity index (χ1) is 15.2. The Morgan fingerprint density at radius 3 is 2.62 bits per heavy atom. The molecule has 0 N–H and O–H groups in total. The van der Waals surface area contributed by atoms with Crippen LogP contribution in [0.2, 0.25) is 0 Å². The van der Waals surface area contributed by atoms with Gasteiger partial charge in [-0.25, -0.2) is 13.4 Å². The Kier molecular flexibility index (Phi) is 5.74. The Bertz CT molecular complexity index is 1350. The zero-order valence-electron chi connectivity index (χ0n) is 17.0. The second-order valence-corrected chi connectivity index (χ2v) is 9.93. The summed E-state index contributed by atoms with van der Waals surface area (Å²) in [7, 11) is -3.22. The second-order valence-electron chi connectivity index (χ2n) is 7.70. The molecule has 1 amide bonds. The Hall–Kier alpha value is -3.60. The van der Waals surface area contributed by atoms with Crippen molar-refractivity contribution < 1.29 is 18.1 Å². The van der Waals surface area contributed by atoms with E-state index in [0.717, 1.165) is 10.1 Å². The van der Waals surface area contributed by atoms with Crippen LogP contribution in [0, 0.1) is 10.1 Å². The quantitative estimate of drug-likeness (QED) is 0.406. The van der Waals surface area contributed by atoms with Gasteiger partial charge in [-0.2, -0.15) is 0 Å². The smallest absolute Gasteiger partial charge is 0.271 e. The molecule has 4 rings (SSSR count). The summed E-state index contributed by atoms with van der Waals surface area (Å²) in [5, 5.41) is 11.1. The molecule has 0 bridgehead atoms. The molecule has 1 aliphatic rings. The van der Waals surface area contributed by atoms with Crippen molar-refractivity contribution >= 4 is 32.3 Å². The van der Waals surface area contributed by atoms with Crippen LogP contribution in [0.3, 0.4) is 0 Å². The van der Waals surface area contributed by atoms with Gasteiger partial charge in [0.25, 0.3) is 11.2 Å². The van der Waals surface area contributed by atoms with Gasteiger partial charge in [0.05, 0.1) is 33.7 Å². The minimum absolute atomic E-state index is 0.0203. The number of nitro groups is 1. The zero-order chi connectivity index (χ0) is 22.9. The summed E-state index contributed by atoms with van der Waals surface area (Å²) in [6.45, 7) is -0.0933. The van der Waals surface area contributed by atoms with Crippen LogP contribution >= 0.6 is 0 Å². The second kappa shape index (κ2) is 8.50. The van der Waals surface area contributed by atoms with Gasteiger partial charge in [0.2, 0.25) is 5.91 Å². The molecule has 11 heteroatoms. The number of hydrogen-bond donors (Lipinski definition) is 0. The van der Waals surface area contributed by atoms with Gasteiger partial charge in [-0.3, -0.25) is 24.3 Å². The molecule has 1 fully saturated rings. The minimum Gasteiger partial charge on any atom is -0.333 e. The molecule has 0 saturated carbocycles. The van der Waals surface area contributed by atoms with Crippen LogP contribution < -0.4 is 5.56 Å². The zero-order valence-corrected chi connectivity index (χ0v) is 17.8. The van der Waals surface area contributed by atoms with E-state index < -0.39 is 32.3 Å². The number of hydrogen-bond acceptors (Lipinski definition) is 7. The fraction of sp³-hybridized carbons (Fsp3) is 0.286. The molecule has 3 aromatic rings. The maximum atomic E-state index is 13.2. The molecule has 0 aliphatic carbocycles. The molecule has 1 saturated heterocycles. The molecule has 2 aromatic carbocycles. The van der Waals surface area contributed by atoms with Crippen LogP contribution in [0.4, 0.5) is 5.69 Å². The van der Waals surface area contributed by atoms with Crippen LogP contribution in [0.1, 0.15) is 12.0 Å². The summed E-state index contributed by atoms with van der Waals surface area (Å²) in [6.07, 6.45) is 1.52. The lowest BCUT2D eigenvalue weighted by Crippen LogP contribution is -2.43. The average molecular weight is 456 g/mol. The molecule has 0 radical (unpaired) electrons. The number of nitrogens with zero attached hydrogens (tertiary/aromatic N) is 4. The highest BCUT2D eigenvalue weighted by atomic mass is 32.2. The van der Waals surface area contributed by atoms with Crippen LogP contribution in [-0.4, -0.2) is 51.2 Å². The van der Waals surface area contributed by atoms with Gasteiger partial charge in [-0.15, -0.1) is 0 Å². The van der Waals surface area contributed by atoms with Crippen molar-refractivity contribution in [2.75, 3.05) is 11.5 Å². The number of benzene rings is 2. The van der Waals surface area contributed by atoms with Gasteiger partial charge in [-0.1, -0.05) is 30.3 Å². The summed E-state index contributed by atoms with van der Waals surface area (Å²) in [5.41, 5.74) is 0.323. The average Bonchev–Trinajstić information content (AvgIpc) is 3.13. The van der Waals surface area contributed by atoms with Crippen molar-refractivity contribution in [3.8, 4) is 0 Å². The van der Waals surface area contributed by atoms with Gasteiger partial charge >= 0.3 is 0 Å².